The molecule has 0 bridgehead atoms. The van der Waals surface area contributed by atoms with Crippen LogP contribution in [0.15, 0.2) is 48.5 Å². The summed E-state index contributed by atoms with van der Waals surface area (Å²) >= 11 is 0. The topological polar surface area (TPSA) is 88.4 Å². The lowest BCUT2D eigenvalue weighted by molar-refractivity contribution is -0.153. The van der Waals surface area contributed by atoms with E-state index in [1.807, 2.05) is 31.2 Å². The van der Waals surface area contributed by atoms with E-state index in [0.717, 1.165) is 12.0 Å². The van der Waals surface area contributed by atoms with Gasteiger partial charge in [-0.2, -0.15) is 5.26 Å². The van der Waals surface area contributed by atoms with Gasteiger partial charge in [-0.05, 0) is 49.2 Å². The van der Waals surface area contributed by atoms with Crippen LogP contribution in [0.1, 0.15) is 25.0 Å². The summed E-state index contributed by atoms with van der Waals surface area (Å²) in [6, 6.07) is 15.8. The average Bonchev–Trinajstić information content (AvgIpc) is 2.67. The maximum absolute atomic E-state index is 12.0. The van der Waals surface area contributed by atoms with Gasteiger partial charge in [0, 0.05) is 5.69 Å². The number of esters is 1. The van der Waals surface area contributed by atoms with Gasteiger partial charge in [-0.25, -0.2) is 4.79 Å². The second-order valence-electron chi connectivity index (χ2n) is 5.56. The van der Waals surface area contributed by atoms with Gasteiger partial charge in [0.15, 0.2) is 12.7 Å². The fourth-order valence-corrected chi connectivity index (χ4v) is 2.25. The fraction of sp³-hybridized carbons (Fsp3) is 0.250. The molecule has 0 spiro atoms. The number of carbonyl (C=O) groups excluding carboxylic acids is 2. The van der Waals surface area contributed by atoms with Crippen molar-refractivity contribution in [1.29, 1.82) is 5.26 Å². The zero-order valence-electron chi connectivity index (χ0n) is 14.7. The van der Waals surface area contributed by atoms with Gasteiger partial charge in [0.25, 0.3) is 5.91 Å². The molecule has 1 N–H and O–H groups in total. The van der Waals surface area contributed by atoms with E-state index < -0.39 is 24.6 Å². The van der Waals surface area contributed by atoms with Crippen LogP contribution in [0.5, 0.6) is 5.75 Å². The quantitative estimate of drug-likeness (QED) is 0.774. The number of aryl methyl sites for hydroxylation is 1. The number of nitriles is 1. The number of nitrogens with zero attached hydrogens (tertiary/aromatic N) is 1. The lowest BCUT2D eigenvalue weighted by atomic mass is 10.1. The molecular weight excluding hydrogens is 332 g/mol. The molecule has 6 nitrogen and oxygen atoms in total. The number of ether oxygens (including phenoxy) is 2. The summed E-state index contributed by atoms with van der Waals surface area (Å²) in [6.07, 6.45) is -0.0928. The van der Waals surface area contributed by atoms with Crippen LogP contribution in [0, 0.1) is 11.3 Å². The lowest BCUT2D eigenvalue weighted by Gasteiger charge is -2.14. The van der Waals surface area contributed by atoms with Gasteiger partial charge in [0.2, 0.25) is 0 Å². The molecule has 0 saturated carbocycles. The Labute approximate surface area is 152 Å². The van der Waals surface area contributed by atoms with Crippen LogP contribution in [-0.2, 0) is 20.7 Å². The Kier molecular flexibility index (Phi) is 6.75. The molecule has 0 saturated heterocycles. The van der Waals surface area contributed by atoms with Gasteiger partial charge in [-0.1, -0.05) is 25.1 Å². The summed E-state index contributed by atoms with van der Waals surface area (Å²) < 4.78 is 10.4. The first-order valence-corrected chi connectivity index (χ1v) is 8.24. The number of nitrogens with one attached hydrogen (secondary N) is 1. The van der Waals surface area contributed by atoms with E-state index in [2.05, 4.69) is 5.32 Å². The van der Waals surface area contributed by atoms with Crippen LogP contribution in [0.3, 0.4) is 0 Å². The molecule has 0 aliphatic heterocycles. The van der Waals surface area contributed by atoms with Crippen molar-refractivity contribution in [3.8, 4) is 11.8 Å². The molecule has 0 radical (unpaired) electrons. The van der Waals surface area contributed by atoms with Gasteiger partial charge < -0.3 is 14.8 Å². The van der Waals surface area contributed by atoms with Crippen molar-refractivity contribution in [2.24, 2.45) is 0 Å². The number of anilines is 1. The molecule has 0 aromatic heterocycles. The van der Waals surface area contributed by atoms with Crippen molar-refractivity contribution in [2.45, 2.75) is 26.4 Å². The summed E-state index contributed by atoms with van der Waals surface area (Å²) in [5, 5.41) is 11.5. The van der Waals surface area contributed by atoms with Crippen LogP contribution >= 0.6 is 0 Å². The Morgan fingerprint density at radius 3 is 2.50 bits per heavy atom. The van der Waals surface area contributed by atoms with Crippen LogP contribution < -0.4 is 10.1 Å². The third kappa shape index (κ3) is 5.35. The van der Waals surface area contributed by atoms with Gasteiger partial charge in [0.05, 0.1) is 11.6 Å². The Morgan fingerprint density at radius 1 is 1.15 bits per heavy atom. The number of benzene rings is 2. The molecule has 26 heavy (non-hydrogen) atoms. The van der Waals surface area contributed by atoms with Crippen molar-refractivity contribution >= 4 is 17.6 Å². The minimum absolute atomic E-state index is 0.391. The first kappa shape index (κ1) is 19.0. The van der Waals surface area contributed by atoms with E-state index in [9.17, 15) is 9.59 Å². The van der Waals surface area contributed by atoms with Crippen molar-refractivity contribution in [3.63, 3.8) is 0 Å². The first-order chi connectivity index (χ1) is 12.5. The maximum atomic E-state index is 12.0. The largest absolute Gasteiger partial charge is 0.479 e. The van der Waals surface area contributed by atoms with Crippen LogP contribution in [0.25, 0.3) is 0 Å². The molecule has 0 aliphatic carbocycles. The summed E-state index contributed by atoms with van der Waals surface area (Å²) in [5.74, 6) is -0.618. The van der Waals surface area contributed by atoms with Gasteiger partial charge >= 0.3 is 5.97 Å². The predicted octanol–water partition coefficient (Wildman–Crippen LogP) is 3.07. The highest BCUT2D eigenvalue weighted by Crippen LogP contribution is 2.16. The molecule has 134 valence electrons. The first-order valence-electron chi connectivity index (χ1n) is 8.24. The molecular formula is C20H20N2O4. The van der Waals surface area contributed by atoms with E-state index in [1.54, 1.807) is 30.3 Å². The number of amides is 1. The van der Waals surface area contributed by atoms with Crippen molar-refractivity contribution in [1.82, 2.24) is 0 Å². The van der Waals surface area contributed by atoms with Gasteiger partial charge in [0.1, 0.15) is 5.75 Å². The van der Waals surface area contributed by atoms with E-state index in [-0.39, 0.29) is 0 Å². The van der Waals surface area contributed by atoms with E-state index in [0.29, 0.717) is 17.0 Å². The van der Waals surface area contributed by atoms with Gasteiger partial charge in [-0.15, -0.1) is 0 Å². The summed E-state index contributed by atoms with van der Waals surface area (Å²) in [7, 11) is 0. The van der Waals surface area contributed by atoms with Crippen molar-refractivity contribution in [3.05, 3.63) is 59.7 Å². The van der Waals surface area contributed by atoms with E-state index in [4.69, 9.17) is 14.7 Å². The smallest absolute Gasteiger partial charge is 0.347 e. The second-order valence-corrected chi connectivity index (χ2v) is 5.56. The minimum Gasteiger partial charge on any atom is -0.479 e. The highest BCUT2D eigenvalue weighted by molar-refractivity contribution is 5.93. The van der Waals surface area contributed by atoms with Crippen molar-refractivity contribution < 1.29 is 19.1 Å². The fourth-order valence-electron chi connectivity index (χ4n) is 2.25. The van der Waals surface area contributed by atoms with Crippen LogP contribution in [0.2, 0.25) is 0 Å². The summed E-state index contributed by atoms with van der Waals surface area (Å²) in [6.45, 7) is 3.13. The third-order valence-corrected chi connectivity index (χ3v) is 3.65. The SMILES string of the molecule is CCc1ccccc1NC(=O)COC(=O)[C@H](C)Oc1ccc(C#N)cc1. The van der Waals surface area contributed by atoms with E-state index in [1.165, 1.54) is 6.92 Å². The molecule has 2 aromatic carbocycles. The molecule has 1 atom stereocenters. The summed E-state index contributed by atoms with van der Waals surface area (Å²) in [4.78, 5) is 23.9. The van der Waals surface area contributed by atoms with Gasteiger partial charge in [-0.3, -0.25) is 4.79 Å². The Bertz CT molecular complexity index is 809. The van der Waals surface area contributed by atoms with Crippen LogP contribution in [-0.4, -0.2) is 24.6 Å². The Balaban J connectivity index is 1.83. The monoisotopic (exact) mass is 352 g/mol. The lowest BCUT2D eigenvalue weighted by Crippen LogP contribution is -2.29. The number of rotatable bonds is 7. The molecule has 0 aliphatic rings. The zero-order valence-corrected chi connectivity index (χ0v) is 14.7. The second kappa shape index (κ2) is 9.23. The minimum atomic E-state index is -0.876. The third-order valence-electron chi connectivity index (χ3n) is 3.65. The number of hydrogen-bond donors (Lipinski definition) is 1. The highest BCUT2D eigenvalue weighted by atomic mass is 16.6. The molecule has 0 fully saturated rings. The maximum Gasteiger partial charge on any atom is 0.347 e. The van der Waals surface area contributed by atoms with Crippen LogP contribution in [0.4, 0.5) is 5.69 Å². The molecule has 2 rings (SSSR count). The molecule has 2 aromatic rings. The molecule has 6 heteroatoms. The number of para-hydroxylation sites is 1. The van der Waals surface area contributed by atoms with Crippen molar-refractivity contribution in [2.75, 3.05) is 11.9 Å². The average molecular weight is 352 g/mol. The Morgan fingerprint density at radius 2 is 1.85 bits per heavy atom. The zero-order chi connectivity index (χ0) is 18.9. The highest BCUT2D eigenvalue weighted by Gasteiger charge is 2.18. The Hall–Kier alpha value is -3.33. The summed E-state index contributed by atoms with van der Waals surface area (Å²) in [5.41, 5.74) is 2.21. The molecule has 0 unspecified atom stereocenters. The standard InChI is InChI=1S/C20H20N2O4/c1-3-16-6-4-5-7-18(16)22-19(23)13-25-20(24)14(2)26-17-10-8-15(12-21)9-11-17/h4-11,14H,3,13H2,1-2H3,(H,22,23)/t14-/m0/s1. The molecule has 1 amide bonds. The predicted molar refractivity (Wildman–Crippen MR) is 96.7 cm³/mol. The normalized spacial score (nSPS) is 11.1. The number of carbonyl (C=O) groups is 2. The number of hydrogen-bond acceptors (Lipinski definition) is 5. The molecule has 0 heterocycles. The van der Waals surface area contributed by atoms with E-state index >= 15 is 0 Å².